The Morgan fingerprint density at radius 1 is 1.31 bits per heavy atom. The van der Waals surface area contributed by atoms with E-state index in [4.69, 9.17) is 0 Å². The Bertz CT molecular complexity index is 422. The van der Waals surface area contributed by atoms with Crippen LogP contribution in [0.5, 0.6) is 0 Å². The highest BCUT2D eigenvalue weighted by Crippen LogP contribution is 2.27. The third-order valence-corrected chi connectivity index (χ3v) is 3.66. The SMILES string of the molecule is Cc1csc(-c2ccccc2I)n1. The van der Waals surface area contributed by atoms with Crippen molar-refractivity contribution in [1.29, 1.82) is 0 Å². The molecule has 0 N–H and O–H groups in total. The zero-order chi connectivity index (χ0) is 9.26. The van der Waals surface area contributed by atoms with Crippen LogP contribution in [0.3, 0.4) is 0 Å². The van der Waals surface area contributed by atoms with Crippen LogP contribution in [0.15, 0.2) is 29.6 Å². The molecule has 1 aromatic heterocycles. The van der Waals surface area contributed by atoms with Crippen molar-refractivity contribution in [3.63, 3.8) is 0 Å². The summed E-state index contributed by atoms with van der Waals surface area (Å²) < 4.78 is 1.26. The van der Waals surface area contributed by atoms with Gasteiger partial charge in [0.25, 0.3) is 0 Å². The minimum Gasteiger partial charge on any atom is -0.241 e. The lowest BCUT2D eigenvalue weighted by Crippen LogP contribution is -1.80. The normalized spacial score (nSPS) is 10.3. The Morgan fingerprint density at radius 3 is 2.69 bits per heavy atom. The predicted molar refractivity (Wildman–Crippen MR) is 65.0 cm³/mol. The van der Waals surface area contributed by atoms with Gasteiger partial charge < -0.3 is 0 Å². The molecular formula is C10H8INS. The van der Waals surface area contributed by atoms with Crippen molar-refractivity contribution >= 4 is 33.9 Å². The number of nitrogens with zero attached hydrogens (tertiary/aromatic N) is 1. The van der Waals surface area contributed by atoms with Gasteiger partial charge in [0.05, 0.1) is 0 Å². The van der Waals surface area contributed by atoms with Gasteiger partial charge in [0.15, 0.2) is 0 Å². The van der Waals surface area contributed by atoms with Gasteiger partial charge in [-0.3, -0.25) is 0 Å². The van der Waals surface area contributed by atoms with Crippen molar-refractivity contribution in [2.45, 2.75) is 6.92 Å². The Balaban J connectivity index is 2.52. The summed E-state index contributed by atoms with van der Waals surface area (Å²) in [6.45, 7) is 2.02. The van der Waals surface area contributed by atoms with E-state index in [1.54, 1.807) is 11.3 Å². The van der Waals surface area contributed by atoms with E-state index in [1.165, 1.54) is 9.13 Å². The molecule has 0 bridgehead atoms. The summed E-state index contributed by atoms with van der Waals surface area (Å²) in [6.07, 6.45) is 0. The van der Waals surface area contributed by atoms with Crippen LogP contribution < -0.4 is 0 Å². The number of aryl methyl sites for hydroxylation is 1. The maximum absolute atomic E-state index is 4.46. The monoisotopic (exact) mass is 301 g/mol. The predicted octanol–water partition coefficient (Wildman–Crippen LogP) is 3.72. The van der Waals surface area contributed by atoms with Crippen LogP contribution in [0.1, 0.15) is 5.69 Å². The largest absolute Gasteiger partial charge is 0.241 e. The summed E-state index contributed by atoms with van der Waals surface area (Å²) in [7, 11) is 0. The van der Waals surface area contributed by atoms with E-state index in [1.807, 2.05) is 19.1 Å². The fraction of sp³-hybridized carbons (Fsp3) is 0.100. The molecule has 2 rings (SSSR count). The summed E-state index contributed by atoms with van der Waals surface area (Å²) in [6, 6.07) is 8.31. The van der Waals surface area contributed by atoms with Gasteiger partial charge in [-0.15, -0.1) is 11.3 Å². The fourth-order valence-electron chi connectivity index (χ4n) is 1.11. The fourth-order valence-corrected chi connectivity index (χ4v) is 2.77. The Labute approximate surface area is 95.0 Å². The summed E-state index contributed by atoms with van der Waals surface area (Å²) >= 11 is 4.04. The number of aromatic nitrogens is 1. The molecule has 0 amide bonds. The molecule has 0 aliphatic rings. The van der Waals surface area contributed by atoms with Crippen molar-refractivity contribution in [2.75, 3.05) is 0 Å². The van der Waals surface area contributed by atoms with Gasteiger partial charge in [-0.1, -0.05) is 18.2 Å². The van der Waals surface area contributed by atoms with Crippen molar-refractivity contribution in [3.8, 4) is 10.6 Å². The smallest absolute Gasteiger partial charge is 0.124 e. The molecule has 0 fully saturated rings. The number of halogens is 1. The maximum atomic E-state index is 4.46. The van der Waals surface area contributed by atoms with Crippen LogP contribution in [-0.4, -0.2) is 4.98 Å². The lowest BCUT2D eigenvalue weighted by atomic mass is 10.2. The van der Waals surface area contributed by atoms with Crippen molar-refractivity contribution in [1.82, 2.24) is 4.98 Å². The minimum absolute atomic E-state index is 1.10. The average molecular weight is 301 g/mol. The lowest BCUT2D eigenvalue weighted by molar-refractivity contribution is 1.27. The summed E-state index contributed by atoms with van der Waals surface area (Å²) in [4.78, 5) is 4.46. The van der Waals surface area contributed by atoms with E-state index in [9.17, 15) is 0 Å². The molecule has 0 spiro atoms. The molecule has 0 radical (unpaired) electrons. The molecular weight excluding hydrogens is 293 g/mol. The van der Waals surface area contributed by atoms with E-state index in [0.717, 1.165) is 10.7 Å². The summed E-state index contributed by atoms with van der Waals surface area (Å²) in [5, 5.41) is 3.20. The second kappa shape index (κ2) is 3.75. The van der Waals surface area contributed by atoms with Gasteiger partial charge in [0, 0.05) is 20.2 Å². The first-order valence-electron chi connectivity index (χ1n) is 3.94. The molecule has 66 valence electrons. The van der Waals surface area contributed by atoms with E-state index >= 15 is 0 Å². The molecule has 2 aromatic rings. The molecule has 0 aliphatic carbocycles. The summed E-state index contributed by atoms with van der Waals surface area (Å²) in [5.74, 6) is 0. The molecule has 0 unspecified atom stereocenters. The van der Waals surface area contributed by atoms with Gasteiger partial charge in [-0.05, 0) is 35.6 Å². The number of hydrogen-bond acceptors (Lipinski definition) is 2. The standard InChI is InChI=1S/C10H8INS/c1-7-6-13-10(12-7)8-4-2-3-5-9(8)11/h2-6H,1H3. The van der Waals surface area contributed by atoms with Crippen LogP contribution in [0.2, 0.25) is 0 Å². The van der Waals surface area contributed by atoms with Crippen LogP contribution in [-0.2, 0) is 0 Å². The van der Waals surface area contributed by atoms with E-state index in [-0.39, 0.29) is 0 Å². The molecule has 0 aliphatic heterocycles. The second-order valence-electron chi connectivity index (χ2n) is 2.77. The quantitative estimate of drug-likeness (QED) is 0.732. The van der Waals surface area contributed by atoms with Gasteiger partial charge in [-0.25, -0.2) is 4.98 Å². The average Bonchev–Trinajstić information content (AvgIpc) is 2.53. The van der Waals surface area contributed by atoms with Crippen molar-refractivity contribution in [3.05, 3.63) is 38.9 Å². The molecule has 1 nitrogen and oxygen atoms in total. The molecule has 0 atom stereocenters. The first-order valence-corrected chi connectivity index (χ1v) is 5.90. The highest BCUT2D eigenvalue weighted by atomic mass is 127. The van der Waals surface area contributed by atoms with Crippen molar-refractivity contribution < 1.29 is 0 Å². The Morgan fingerprint density at radius 2 is 2.08 bits per heavy atom. The topological polar surface area (TPSA) is 12.9 Å². The third kappa shape index (κ3) is 1.91. The molecule has 13 heavy (non-hydrogen) atoms. The molecule has 3 heteroatoms. The van der Waals surface area contributed by atoms with Gasteiger partial charge in [0.2, 0.25) is 0 Å². The molecule has 0 saturated heterocycles. The zero-order valence-electron chi connectivity index (χ0n) is 7.12. The Hall–Kier alpha value is -0.420. The number of thiazole rings is 1. The summed E-state index contributed by atoms with van der Waals surface area (Å²) in [5.41, 5.74) is 2.33. The van der Waals surface area contributed by atoms with E-state index in [0.29, 0.717) is 0 Å². The van der Waals surface area contributed by atoms with E-state index in [2.05, 4.69) is 45.1 Å². The molecule has 0 saturated carbocycles. The van der Waals surface area contributed by atoms with E-state index < -0.39 is 0 Å². The van der Waals surface area contributed by atoms with Crippen LogP contribution in [0.4, 0.5) is 0 Å². The highest BCUT2D eigenvalue weighted by Gasteiger charge is 2.04. The van der Waals surface area contributed by atoms with Crippen LogP contribution in [0.25, 0.3) is 10.6 Å². The first kappa shape index (κ1) is 9.15. The van der Waals surface area contributed by atoms with Crippen molar-refractivity contribution in [2.24, 2.45) is 0 Å². The number of hydrogen-bond donors (Lipinski definition) is 0. The maximum Gasteiger partial charge on any atom is 0.124 e. The highest BCUT2D eigenvalue weighted by molar-refractivity contribution is 14.1. The molecule has 1 heterocycles. The number of rotatable bonds is 1. The first-order chi connectivity index (χ1) is 6.27. The van der Waals surface area contributed by atoms with Gasteiger partial charge >= 0.3 is 0 Å². The van der Waals surface area contributed by atoms with Gasteiger partial charge in [-0.2, -0.15) is 0 Å². The number of benzene rings is 1. The lowest BCUT2D eigenvalue weighted by Gasteiger charge is -1.98. The van der Waals surface area contributed by atoms with Crippen LogP contribution in [0, 0.1) is 10.5 Å². The third-order valence-electron chi connectivity index (χ3n) is 1.72. The zero-order valence-corrected chi connectivity index (χ0v) is 10.1. The van der Waals surface area contributed by atoms with Crippen LogP contribution >= 0.6 is 33.9 Å². The Kier molecular flexibility index (Phi) is 2.64. The molecule has 1 aromatic carbocycles. The minimum atomic E-state index is 1.10. The van der Waals surface area contributed by atoms with Gasteiger partial charge in [0.1, 0.15) is 5.01 Å². The second-order valence-corrected chi connectivity index (χ2v) is 4.79.